The van der Waals surface area contributed by atoms with E-state index in [-0.39, 0.29) is 12.4 Å². The fourth-order valence-electron chi connectivity index (χ4n) is 1.56. The topological polar surface area (TPSA) is 78.5 Å². The molecule has 0 amide bonds. The smallest absolute Gasteiger partial charge is 0.423 e. The van der Waals surface area contributed by atoms with Crippen LogP contribution in [0.15, 0.2) is 24.3 Å². The third-order valence-corrected chi connectivity index (χ3v) is 2.46. The largest absolute Gasteiger partial charge is 0.488 e. The van der Waals surface area contributed by atoms with Crippen LogP contribution in [0.4, 0.5) is 0 Å². The minimum atomic E-state index is -1.40. The van der Waals surface area contributed by atoms with E-state index in [1.54, 1.807) is 12.1 Å². The first kappa shape index (κ1) is 16.4. The molecular weight excluding hydrogens is 238 g/mol. The van der Waals surface area contributed by atoms with Gasteiger partial charge in [-0.3, -0.25) is 0 Å². The minimum absolute atomic E-state index is 0. The van der Waals surface area contributed by atoms with Gasteiger partial charge in [0.1, 0.15) is 0 Å². The molecule has 0 unspecified atom stereocenters. The fraction of sp³-hybridized carbons (Fsp3) is 0.455. The zero-order valence-corrected chi connectivity index (χ0v) is 10.6. The van der Waals surface area contributed by atoms with Crippen molar-refractivity contribution in [3.05, 3.63) is 29.8 Å². The van der Waals surface area contributed by atoms with Crippen molar-refractivity contribution in [3.63, 3.8) is 0 Å². The summed E-state index contributed by atoms with van der Waals surface area (Å²) in [5.74, 6) is 0. The van der Waals surface area contributed by atoms with Gasteiger partial charge >= 0.3 is 7.12 Å². The molecule has 1 rings (SSSR count). The van der Waals surface area contributed by atoms with Gasteiger partial charge in [0, 0.05) is 6.54 Å². The third kappa shape index (κ3) is 6.05. The number of unbranched alkanes of at least 4 members (excludes halogenated alkanes) is 1. The van der Waals surface area contributed by atoms with Crippen LogP contribution in [0.5, 0.6) is 0 Å². The van der Waals surface area contributed by atoms with Crippen molar-refractivity contribution in [2.75, 3.05) is 13.1 Å². The monoisotopic (exact) mass is 258 g/mol. The Labute approximate surface area is 109 Å². The van der Waals surface area contributed by atoms with Gasteiger partial charge in [-0.2, -0.15) is 0 Å². The minimum Gasteiger partial charge on any atom is -0.423 e. The predicted molar refractivity (Wildman–Crippen MR) is 73.5 cm³/mol. The van der Waals surface area contributed by atoms with E-state index < -0.39 is 7.12 Å². The highest BCUT2D eigenvalue weighted by Crippen LogP contribution is 1.97. The summed E-state index contributed by atoms with van der Waals surface area (Å²) in [6, 6.07) is 7.31. The van der Waals surface area contributed by atoms with Crippen LogP contribution in [0.25, 0.3) is 0 Å². The van der Waals surface area contributed by atoms with Crippen LogP contribution in [-0.2, 0) is 6.54 Å². The maximum absolute atomic E-state index is 9.16. The van der Waals surface area contributed by atoms with E-state index >= 15 is 0 Å². The first-order valence-corrected chi connectivity index (χ1v) is 5.60. The van der Waals surface area contributed by atoms with Gasteiger partial charge in [0.25, 0.3) is 0 Å². The molecule has 0 aliphatic heterocycles. The van der Waals surface area contributed by atoms with Crippen LogP contribution < -0.4 is 16.5 Å². The van der Waals surface area contributed by atoms with Crippen LogP contribution >= 0.6 is 12.4 Å². The lowest BCUT2D eigenvalue weighted by atomic mass is 9.77. The molecule has 0 aliphatic rings. The molecule has 0 atom stereocenters. The second-order valence-electron chi connectivity index (χ2n) is 3.75. The Bertz CT molecular complexity index is 313. The lowest BCUT2D eigenvalue weighted by molar-refractivity contribution is 0.425. The number of benzene rings is 1. The van der Waals surface area contributed by atoms with Crippen LogP contribution in [0.2, 0.25) is 0 Å². The highest BCUT2D eigenvalue weighted by molar-refractivity contribution is 6.59. The van der Waals surface area contributed by atoms with E-state index in [4.69, 9.17) is 15.8 Å². The van der Waals surface area contributed by atoms with Gasteiger partial charge in [0.2, 0.25) is 0 Å². The van der Waals surface area contributed by atoms with E-state index in [0.29, 0.717) is 18.6 Å². The zero-order chi connectivity index (χ0) is 11.8. The Morgan fingerprint density at radius 3 is 2.53 bits per heavy atom. The Balaban J connectivity index is 0.00000256. The highest BCUT2D eigenvalue weighted by atomic mass is 35.5. The second-order valence-corrected chi connectivity index (χ2v) is 3.75. The standard InChI is InChI=1S/C11H19BN2O2.ClH/c13-7-3-4-8-14-9-10-5-1-2-6-11(10)12(15)16;/h1-2,5-6,14-16H,3-4,7-9,13H2;1H. The third-order valence-electron chi connectivity index (χ3n) is 2.46. The van der Waals surface area contributed by atoms with Gasteiger partial charge in [-0.05, 0) is 37.0 Å². The number of hydrogen-bond acceptors (Lipinski definition) is 4. The van der Waals surface area contributed by atoms with Gasteiger partial charge in [-0.25, -0.2) is 0 Å². The molecule has 0 fully saturated rings. The molecule has 0 radical (unpaired) electrons. The molecule has 6 heteroatoms. The number of hydrogen-bond donors (Lipinski definition) is 4. The molecule has 0 heterocycles. The SMILES string of the molecule is Cl.NCCCCNCc1ccccc1B(O)O. The molecule has 0 spiro atoms. The van der Waals surface area contributed by atoms with E-state index in [2.05, 4.69) is 5.32 Å². The number of rotatable bonds is 7. The normalized spacial score (nSPS) is 9.82. The summed E-state index contributed by atoms with van der Waals surface area (Å²) < 4.78 is 0. The predicted octanol–water partition coefficient (Wildman–Crippen LogP) is -0.383. The number of halogens is 1. The first-order chi connectivity index (χ1) is 7.75. The maximum Gasteiger partial charge on any atom is 0.488 e. The molecular formula is C11H20BClN2O2. The molecule has 0 bridgehead atoms. The molecule has 0 saturated carbocycles. The van der Waals surface area contributed by atoms with Crippen molar-refractivity contribution in [2.24, 2.45) is 5.73 Å². The average molecular weight is 259 g/mol. The summed E-state index contributed by atoms with van der Waals surface area (Å²) in [7, 11) is -1.40. The second kappa shape index (κ2) is 9.45. The van der Waals surface area contributed by atoms with E-state index in [0.717, 1.165) is 24.9 Å². The zero-order valence-electron chi connectivity index (χ0n) is 9.80. The van der Waals surface area contributed by atoms with Crippen molar-refractivity contribution < 1.29 is 10.0 Å². The van der Waals surface area contributed by atoms with Crippen molar-refractivity contribution in [1.29, 1.82) is 0 Å². The lowest BCUT2D eigenvalue weighted by Gasteiger charge is -2.09. The lowest BCUT2D eigenvalue weighted by Crippen LogP contribution is -2.34. The average Bonchev–Trinajstić information content (AvgIpc) is 2.29. The van der Waals surface area contributed by atoms with Crippen LogP contribution in [0.1, 0.15) is 18.4 Å². The van der Waals surface area contributed by atoms with E-state index in [1.165, 1.54) is 0 Å². The Hall–Kier alpha value is -0.585. The van der Waals surface area contributed by atoms with Gasteiger partial charge < -0.3 is 21.1 Å². The Morgan fingerprint density at radius 1 is 1.18 bits per heavy atom. The molecule has 96 valence electrons. The molecule has 0 aliphatic carbocycles. The van der Waals surface area contributed by atoms with Gasteiger partial charge in [-0.1, -0.05) is 24.3 Å². The van der Waals surface area contributed by atoms with Crippen molar-refractivity contribution in [3.8, 4) is 0 Å². The van der Waals surface area contributed by atoms with Gasteiger partial charge in [0.15, 0.2) is 0 Å². The van der Waals surface area contributed by atoms with E-state index in [9.17, 15) is 0 Å². The number of nitrogens with one attached hydrogen (secondary N) is 1. The molecule has 1 aromatic rings. The fourth-order valence-corrected chi connectivity index (χ4v) is 1.56. The molecule has 0 saturated heterocycles. The van der Waals surface area contributed by atoms with Crippen molar-refractivity contribution >= 4 is 25.0 Å². The van der Waals surface area contributed by atoms with Crippen LogP contribution in [0, 0.1) is 0 Å². The molecule has 1 aromatic carbocycles. The molecule has 0 aromatic heterocycles. The van der Waals surface area contributed by atoms with Gasteiger partial charge in [0.05, 0.1) is 0 Å². The Kier molecular flexibility index (Phi) is 9.12. The molecule has 4 nitrogen and oxygen atoms in total. The summed E-state index contributed by atoms with van der Waals surface area (Å²) in [5, 5.41) is 21.6. The van der Waals surface area contributed by atoms with E-state index in [1.807, 2.05) is 12.1 Å². The Morgan fingerprint density at radius 2 is 1.88 bits per heavy atom. The summed E-state index contributed by atoms with van der Waals surface area (Å²) in [6.07, 6.45) is 2.05. The quantitative estimate of drug-likeness (QED) is 0.397. The van der Waals surface area contributed by atoms with Crippen LogP contribution in [0.3, 0.4) is 0 Å². The van der Waals surface area contributed by atoms with Crippen molar-refractivity contribution in [1.82, 2.24) is 5.32 Å². The summed E-state index contributed by atoms with van der Waals surface area (Å²) >= 11 is 0. The number of nitrogens with two attached hydrogens (primary N) is 1. The highest BCUT2D eigenvalue weighted by Gasteiger charge is 2.14. The van der Waals surface area contributed by atoms with Crippen molar-refractivity contribution in [2.45, 2.75) is 19.4 Å². The van der Waals surface area contributed by atoms with Gasteiger partial charge in [-0.15, -0.1) is 12.4 Å². The van der Waals surface area contributed by atoms with Crippen LogP contribution in [-0.4, -0.2) is 30.3 Å². The summed E-state index contributed by atoms with van der Waals surface area (Å²) in [5.41, 5.74) is 6.88. The molecule has 5 N–H and O–H groups in total. The first-order valence-electron chi connectivity index (χ1n) is 5.60. The maximum atomic E-state index is 9.16. The summed E-state index contributed by atoms with van der Waals surface area (Å²) in [6.45, 7) is 2.26. The summed E-state index contributed by atoms with van der Waals surface area (Å²) in [4.78, 5) is 0. The molecule has 17 heavy (non-hydrogen) atoms.